The number of hydrogen-bond acceptors (Lipinski definition) is 9. The van der Waals surface area contributed by atoms with Crippen molar-refractivity contribution in [3.63, 3.8) is 0 Å². The first-order chi connectivity index (χ1) is 23.1. The van der Waals surface area contributed by atoms with Crippen molar-refractivity contribution < 1.29 is 28.2 Å². The Balaban J connectivity index is 1.37. The summed E-state index contributed by atoms with van der Waals surface area (Å²) in [6.07, 6.45) is -5.69. The first-order valence-corrected chi connectivity index (χ1v) is 16.3. The molecule has 0 unspecified atom stereocenters. The van der Waals surface area contributed by atoms with Gasteiger partial charge >= 0.3 is 12.1 Å². The highest BCUT2D eigenvalue weighted by molar-refractivity contribution is 5.85. The smallest absolute Gasteiger partial charge is 0.388 e. The van der Waals surface area contributed by atoms with Crippen LogP contribution in [-0.2, 0) is 4.79 Å². The van der Waals surface area contributed by atoms with Gasteiger partial charge in [-0.2, -0.15) is 23.1 Å². The number of aromatic nitrogens is 4. The van der Waals surface area contributed by atoms with Crippen LogP contribution in [0.15, 0.2) is 67.0 Å². The number of amides is 1. The number of rotatable bonds is 11. The number of hydrogen-bond donors (Lipinski definition) is 4. The molecular weight excluding hydrogens is 625 g/mol. The summed E-state index contributed by atoms with van der Waals surface area (Å²) in [4.78, 5) is 29.5. The first kappa shape index (κ1) is 33.6. The molecule has 6 rings (SSSR count). The number of fused-ring (bicyclic) bond motifs is 1. The lowest BCUT2D eigenvalue weighted by atomic mass is 9.91. The lowest BCUT2D eigenvalue weighted by molar-refractivity contribution is -0.190. The second kappa shape index (κ2) is 14.1. The van der Waals surface area contributed by atoms with Crippen molar-refractivity contribution in [3.05, 3.63) is 78.1 Å². The maximum atomic E-state index is 13.5. The number of aliphatic hydroxyl groups is 2. The van der Waals surface area contributed by atoms with Crippen molar-refractivity contribution in [2.45, 2.75) is 68.6 Å². The highest BCUT2D eigenvalue weighted by Gasteiger charge is 2.51. The Morgan fingerprint density at radius 3 is 2.29 bits per heavy atom. The van der Waals surface area contributed by atoms with Crippen LogP contribution in [0.4, 0.5) is 24.9 Å². The molecule has 0 bridgehead atoms. The summed E-state index contributed by atoms with van der Waals surface area (Å²) in [5, 5.41) is 29.0. The van der Waals surface area contributed by atoms with E-state index in [1.165, 1.54) is 6.33 Å². The van der Waals surface area contributed by atoms with Gasteiger partial charge in [-0.3, -0.25) is 4.79 Å². The molecular formula is C34H41F3N8O3. The van der Waals surface area contributed by atoms with E-state index >= 15 is 0 Å². The fourth-order valence-corrected chi connectivity index (χ4v) is 6.98. The highest BCUT2D eigenvalue weighted by atomic mass is 19.4. The van der Waals surface area contributed by atoms with Crippen LogP contribution in [0.25, 0.3) is 11.2 Å². The van der Waals surface area contributed by atoms with Gasteiger partial charge < -0.3 is 35.2 Å². The van der Waals surface area contributed by atoms with Gasteiger partial charge in [0.1, 0.15) is 12.2 Å². The predicted molar refractivity (Wildman–Crippen MR) is 176 cm³/mol. The van der Waals surface area contributed by atoms with Crippen molar-refractivity contribution in [2.75, 3.05) is 43.4 Å². The molecule has 11 nitrogen and oxygen atoms in total. The van der Waals surface area contributed by atoms with Gasteiger partial charge in [-0.1, -0.05) is 67.6 Å². The lowest BCUT2D eigenvalue weighted by Gasteiger charge is -2.31. The number of nitrogens with one attached hydrogen (secondary N) is 2. The van der Waals surface area contributed by atoms with Crippen LogP contribution in [0.1, 0.15) is 49.3 Å². The molecule has 0 spiro atoms. The van der Waals surface area contributed by atoms with Crippen molar-refractivity contribution in [2.24, 2.45) is 0 Å². The summed E-state index contributed by atoms with van der Waals surface area (Å²) < 4.78 is 42.2. The minimum Gasteiger partial charge on any atom is -0.388 e. The van der Waals surface area contributed by atoms with Crippen LogP contribution in [0.3, 0.4) is 0 Å². The summed E-state index contributed by atoms with van der Waals surface area (Å²) >= 11 is 0. The number of anilines is 2. The third-order valence-electron chi connectivity index (χ3n) is 9.51. The monoisotopic (exact) mass is 666 g/mol. The van der Waals surface area contributed by atoms with E-state index in [-0.39, 0.29) is 31.3 Å². The summed E-state index contributed by atoms with van der Waals surface area (Å²) in [6, 6.07) is 18.3. The highest BCUT2D eigenvalue weighted by Crippen LogP contribution is 2.38. The van der Waals surface area contributed by atoms with E-state index in [9.17, 15) is 28.2 Å². The quantitative estimate of drug-likeness (QED) is 0.189. The number of carbonyl (C=O) groups excluding carboxylic acids is 1. The third kappa shape index (κ3) is 6.69. The van der Waals surface area contributed by atoms with E-state index in [0.717, 1.165) is 17.5 Å². The molecule has 0 radical (unpaired) electrons. The van der Waals surface area contributed by atoms with E-state index < -0.39 is 36.4 Å². The third-order valence-corrected chi connectivity index (χ3v) is 9.51. The van der Waals surface area contributed by atoms with Crippen LogP contribution in [0.5, 0.6) is 0 Å². The molecule has 1 saturated carbocycles. The molecule has 1 saturated heterocycles. The van der Waals surface area contributed by atoms with E-state index in [2.05, 4.69) is 44.8 Å². The number of nitrogens with zero attached hydrogens (tertiary/aromatic N) is 6. The second-order valence-electron chi connectivity index (χ2n) is 12.5. The number of halogens is 3. The number of likely N-dealkylation sites (N-methyl/N-ethyl adjacent to an activating group) is 1. The molecule has 1 aliphatic heterocycles. The normalized spacial score (nSPS) is 22.9. The fourth-order valence-electron chi connectivity index (χ4n) is 6.98. The zero-order valence-electron chi connectivity index (χ0n) is 26.9. The molecule has 1 aliphatic carbocycles. The van der Waals surface area contributed by atoms with Gasteiger partial charge in [0.25, 0.3) is 0 Å². The molecule has 2 aromatic heterocycles. The summed E-state index contributed by atoms with van der Waals surface area (Å²) in [5.74, 6) is -1.13. The number of alkyl halides is 3. The van der Waals surface area contributed by atoms with E-state index in [0.29, 0.717) is 47.5 Å². The molecule has 48 heavy (non-hydrogen) atoms. The Morgan fingerprint density at radius 1 is 1.04 bits per heavy atom. The van der Waals surface area contributed by atoms with Crippen LogP contribution in [-0.4, -0.2) is 104 Å². The van der Waals surface area contributed by atoms with Crippen LogP contribution < -0.4 is 15.5 Å². The topological polar surface area (TPSA) is 132 Å². The van der Waals surface area contributed by atoms with Gasteiger partial charge in [0.05, 0.1) is 18.4 Å². The minimum atomic E-state index is -5.11. The Labute approximate surface area is 276 Å². The number of aliphatic hydroxyl groups excluding tert-OH is 2. The summed E-state index contributed by atoms with van der Waals surface area (Å²) in [5.41, 5.74) is 3.02. The zero-order valence-corrected chi connectivity index (χ0v) is 26.9. The standard InChI is InChI=1S/C34H41F3N8O3/c1-3-15-44(32(48)34(35,36)37)25-17-26(29(47)28(25)46)45-20-40-27-30(41-33(42-31(27)45)43-16-14-23(19-43)38-2)39-18-24(21-10-6-4-7-11-21)22-12-8-5-9-13-22/h4-13,20,23-26,28-29,38,46-47H,3,14-19H2,1-2H3,(H,39,41,42)/t23-,25+,26-,28-,29+/m1/s1. The Morgan fingerprint density at radius 2 is 1.71 bits per heavy atom. The van der Waals surface area contributed by atoms with Gasteiger partial charge in [0.2, 0.25) is 5.95 Å². The molecule has 14 heteroatoms. The molecule has 5 atom stereocenters. The van der Waals surface area contributed by atoms with E-state index in [1.807, 2.05) is 43.4 Å². The molecule has 4 N–H and O–H groups in total. The van der Waals surface area contributed by atoms with Crippen LogP contribution in [0.2, 0.25) is 0 Å². The van der Waals surface area contributed by atoms with Crippen LogP contribution in [0, 0.1) is 0 Å². The van der Waals surface area contributed by atoms with Crippen molar-refractivity contribution in [1.82, 2.24) is 29.7 Å². The predicted octanol–water partition coefficient (Wildman–Crippen LogP) is 3.70. The SMILES string of the molecule is CCCN(C(=O)C(F)(F)F)[C@H]1C[C@@H](n2cnc3c(NCC(c4ccccc4)c4ccccc4)nc(N4CC[C@@H](NC)C4)nc32)[C@H](O)[C@@H]1O. The van der Waals surface area contributed by atoms with Crippen molar-refractivity contribution in [3.8, 4) is 0 Å². The molecule has 1 amide bonds. The van der Waals surface area contributed by atoms with Gasteiger partial charge in [-0.15, -0.1) is 0 Å². The molecule has 2 aromatic carbocycles. The van der Waals surface area contributed by atoms with Gasteiger partial charge in [-0.25, -0.2) is 4.98 Å². The lowest BCUT2D eigenvalue weighted by Crippen LogP contribution is -2.51. The number of carbonyl (C=O) groups is 1. The second-order valence-corrected chi connectivity index (χ2v) is 12.5. The zero-order chi connectivity index (χ0) is 34.0. The molecule has 4 aromatic rings. The van der Waals surface area contributed by atoms with Gasteiger partial charge in [0, 0.05) is 38.1 Å². The van der Waals surface area contributed by atoms with Crippen LogP contribution >= 0.6 is 0 Å². The largest absolute Gasteiger partial charge is 0.471 e. The average molecular weight is 667 g/mol. The Bertz CT molecular complexity index is 1650. The maximum absolute atomic E-state index is 13.5. The maximum Gasteiger partial charge on any atom is 0.471 e. The minimum absolute atomic E-state index is 0.0216. The molecule has 3 heterocycles. The van der Waals surface area contributed by atoms with Crippen molar-refractivity contribution >= 4 is 28.8 Å². The molecule has 2 aliphatic rings. The number of imidazole rings is 1. The first-order valence-electron chi connectivity index (χ1n) is 16.3. The van der Waals surface area contributed by atoms with Gasteiger partial charge in [0.15, 0.2) is 17.0 Å². The van der Waals surface area contributed by atoms with Crippen molar-refractivity contribution in [1.29, 1.82) is 0 Å². The number of benzene rings is 2. The van der Waals surface area contributed by atoms with E-state index in [4.69, 9.17) is 9.97 Å². The Hall–Kier alpha value is -4.27. The average Bonchev–Trinajstić information content (AvgIpc) is 3.82. The van der Waals surface area contributed by atoms with E-state index in [1.54, 1.807) is 11.5 Å². The fraction of sp³-hybridized carbons (Fsp3) is 0.471. The molecule has 256 valence electrons. The molecule has 2 fully saturated rings. The summed E-state index contributed by atoms with van der Waals surface area (Å²) in [6.45, 7) is 3.30. The summed E-state index contributed by atoms with van der Waals surface area (Å²) in [7, 11) is 1.90. The van der Waals surface area contributed by atoms with Gasteiger partial charge in [-0.05, 0) is 37.4 Å². The Kier molecular flexibility index (Phi) is 9.85.